The first-order valence-electron chi connectivity index (χ1n) is 16.6. The van der Waals surface area contributed by atoms with E-state index in [1.807, 2.05) is 41.7 Å². The van der Waals surface area contributed by atoms with Crippen molar-refractivity contribution in [3.8, 4) is 66.9 Å². The van der Waals surface area contributed by atoms with Crippen LogP contribution in [0.25, 0.3) is 76.9 Å². The highest BCUT2D eigenvalue weighted by Gasteiger charge is 2.20. The summed E-state index contributed by atoms with van der Waals surface area (Å²) in [6.45, 7) is 7.23. The van der Waals surface area contributed by atoms with Crippen molar-refractivity contribution in [3.05, 3.63) is 158 Å². The van der Waals surface area contributed by atoms with Crippen LogP contribution < -0.4 is 5.19 Å². The van der Waals surface area contributed by atoms with Crippen LogP contribution in [0.4, 0.5) is 0 Å². The average Bonchev–Trinajstić information content (AvgIpc) is 3.60. The maximum Gasteiger partial charge on any atom is 0.164 e. The van der Waals surface area contributed by atoms with Crippen molar-refractivity contribution in [3.63, 3.8) is 0 Å². The Morgan fingerprint density at radius 2 is 0.918 bits per heavy atom. The molecule has 0 saturated carbocycles. The van der Waals surface area contributed by atoms with E-state index in [2.05, 4.69) is 147 Å². The van der Waals surface area contributed by atoms with E-state index >= 15 is 0 Å². The van der Waals surface area contributed by atoms with Crippen LogP contribution in [0.15, 0.2) is 158 Å². The predicted octanol–water partition coefficient (Wildman–Crippen LogP) is 11.6. The average molecular weight is 666 g/mol. The van der Waals surface area contributed by atoms with Crippen molar-refractivity contribution in [2.75, 3.05) is 0 Å². The van der Waals surface area contributed by atoms with Gasteiger partial charge in [0.25, 0.3) is 0 Å². The van der Waals surface area contributed by atoms with Crippen LogP contribution in [-0.4, -0.2) is 23.0 Å². The summed E-state index contributed by atoms with van der Waals surface area (Å²) < 4.78 is 1.29. The molecule has 2 aromatic heterocycles. The van der Waals surface area contributed by atoms with Crippen LogP contribution in [0.2, 0.25) is 19.6 Å². The van der Waals surface area contributed by atoms with Gasteiger partial charge in [-0.05, 0) is 51.4 Å². The van der Waals surface area contributed by atoms with Crippen molar-refractivity contribution in [1.29, 1.82) is 0 Å². The molecule has 0 fully saturated rings. The molecule has 8 rings (SSSR count). The first kappa shape index (κ1) is 30.8. The Morgan fingerprint density at radius 1 is 0.408 bits per heavy atom. The Balaban J connectivity index is 1.14. The van der Waals surface area contributed by atoms with E-state index in [-0.39, 0.29) is 0 Å². The molecule has 0 aliphatic heterocycles. The molecule has 3 nitrogen and oxygen atoms in total. The summed E-state index contributed by atoms with van der Waals surface area (Å²) in [4.78, 5) is 16.2. The zero-order chi connectivity index (χ0) is 33.4. The lowest BCUT2D eigenvalue weighted by molar-refractivity contribution is 1.07. The topological polar surface area (TPSA) is 38.7 Å². The van der Waals surface area contributed by atoms with Crippen LogP contribution in [-0.2, 0) is 0 Å². The molecule has 0 atom stereocenters. The van der Waals surface area contributed by atoms with E-state index in [1.54, 1.807) is 0 Å². The largest absolute Gasteiger partial charge is 0.208 e. The summed E-state index contributed by atoms with van der Waals surface area (Å²) in [7, 11) is -1.50. The van der Waals surface area contributed by atoms with Gasteiger partial charge in [-0.2, -0.15) is 0 Å². The second-order valence-corrected chi connectivity index (χ2v) is 19.5. The third-order valence-corrected chi connectivity index (χ3v) is 12.1. The normalized spacial score (nSPS) is 11.6. The number of hydrogen-bond donors (Lipinski definition) is 0. The van der Waals surface area contributed by atoms with E-state index in [1.165, 1.54) is 42.4 Å². The van der Waals surface area contributed by atoms with E-state index in [9.17, 15) is 0 Å². The molecule has 0 N–H and O–H groups in total. The van der Waals surface area contributed by atoms with Crippen molar-refractivity contribution in [1.82, 2.24) is 15.0 Å². The minimum absolute atomic E-state index is 0.654. The number of benzene rings is 6. The van der Waals surface area contributed by atoms with Gasteiger partial charge >= 0.3 is 0 Å². The third kappa shape index (κ3) is 6.39. The summed E-state index contributed by atoms with van der Waals surface area (Å²) >= 11 is 1.81. The van der Waals surface area contributed by atoms with E-state index in [0.717, 1.165) is 22.3 Å². The number of thiophene rings is 1. The highest BCUT2D eigenvalue weighted by molar-refractivity contribution is 7.22. The summed E-state index contributed by atoms with van der Waals surface area (Å²) in [6, 6.07) is 55.8. The quantitative estimate of drug-likeness (QED) is 0.159. The van der Waals surface area contributed by atoms with E-state index in [0.29, 0.717) is 17.5 Å². The van der Waals surface area contributed by atoms with Gasteiger partial charge in [-0.3, -0.25) is 0 Å². The van der Waals surface area contributed by atoms with Crippen molar-refractivity contribution >= 4 is 34.7 Å². The lowest BCUT2D eigenvalue weighted by atomic mass is 9.98. The van der Waals surface area contributed by atoms with Crippen LogP contribution >= 0.6 is 11.3 Å². The number of aromatic nitrogens is 3. The van der Waals surface area contributed by atoms with Gasteiger partial charge in [0.15, 0.2) is 17.5 Å². The molecule has 0 bridgehead atoms. The predicted molar refractivity (Wildman–Crippen MR) is 211 cm³/mol. The smallest absolute Gasteiger partial charge is 0.164 e. The fraction of sp³-hybridized carbons (Fsp3) is 0.0682. The number of hydrogen-bond acceptors (Lipinski definition) is 4. The first-order valence-corrected chi connectivity index (χ1v) is 20.9. The number of nitrogens with zero attached hydrogens (tertiary/aromatic N) is 3. The SMILES string of the molecule is C[Si](C)(C)c1ccccc1-c1cccc(-c2ccc(-c3nc(-c4ccccc4)nc(-c4ccc(-c5cc6ccccc6s5)cc4)n3)cc2)c1. The molecule has 6 aromatic carbocycles. The van der Waals surface area contributed by atoms with Gasteiger partial charge in [0.2, 0.25) is 0 Å². The summed E-state index contributed by atoms with van der Waals surface area (Å²) in [6.07, 6.45) is 0. The highest BCUT2D eigenvalue weighted by atomic mass is 32.1. The van der Waals surface area contributed by atoms with Crippen molar-refractivity contribution < 1.29 is 0 Å². The van der Waals surface area contributed by atoms with Gasteiger partial charge in [-0.1, -0.05) is 164 Å². The summed E-state index contributed by atoms with van der Waals surface area (Å²) in [5.41, 5.74) is 8.99. The molecule has 0 aliphatic carbocycles. The Hall–Kier alpha value is -5.49. The van der Waals surface area contributed by atoms with Gasteiger partial charge < -0.3 is 0 Å². The molecule has 5 heteroatoms. The summed E-state index contributed by atoms with van der Waals surface area (Å²) in [5, 5.41) is 2.75. The molecule has 0 aliphatic rings. The fourth-order valence-corrected chi connectivity index (χ4v) is 9.03. The lowest BCUT2D eigenvalue weighted by Gasteiger charge is -2.21. The van der Waals surface area contributed by atoms with Gasteiger partial charge in [-0.25, -0.2) is 15.0 Å². The Morgan fingerprint density at radius 3 is 1.57 bits per heavy atom. The Kier molecular flexibility index (Phi) is 8.08. The van der Waals surface area contributed by atoms with Crippen LogP contribution in [0.3, 0.4) is 0 Å². The van der Waals surface area contributed by atoms with Crippen LogP contribution in [0.5, 0.6) is 0 Å². The monoisotopic (exact) mass is 665 g/mol. The fourth-order valence-electron chi connectivity index (χ4n) is 6.33. The first-order chi connectivity index (χ1) is 23.9. The lowest BCUT2D eigenvalue weighted by Crippen LogP contribution is -2.38. The number of rotatable bonds is 7. The molecule has 0 saturated heterocycles. The zero-order valence-corrected chi connectivity index (χ0v) is 29.6. The molecular weight excluding hydrogens is 631 g/mol. The maximum atomic E-state index is 5.01. The maximum absolute atomic E-state index is 5.01. The second kappa shape index (κ2) is 12.8. The van der Waals surface area contributed by atoms with Crippen molar-refractivity contribution in [2.24, 2.45) is 0 Å². The minimum atomic E-state index is -1.50. The summed E-state index contributed by atoms with van der Waals surface area (Å²) in [5.74, 6) is 1.97. The molecule has 0 amide bonds. The molecule has 0 unspecified atom stereocenters. The van der Waals surface area contributed by atoms with Gasteiger partial charge in [0.1, 0.15) is 0 Å². The van der Waals surface area contributed by atoms with Crippen LogP contribution in [0, 0.1) is 0 Å². The molecule has 49 heavy (non-hydrogen) atoms. The molecular formula is C44H35N3SSi. The van der Waals surface area contributed by atoms with Gasteiger partial charge in [-0.15, -0.1) is 11.3 Å². The zero-order valence-electron chi connectivity index (χ0n) is 27.8. The van der Waals surface area contributed by atoms with Gasteiger partial charge in [0.05, 0.1) is 8.07 Å². The van der Waals surface area contributed by atoms with Crippen LogP contribution in [0.1, 0.15) is 0 Å². The van der Waals surface area contributed by atoms with E-state index in [4.69, 9.17) is 15.0 Å². The third-order valence-electron chi connectivity index (χ3n) is 8.91. The molecule has 236 valence electrons. The van der Waals surface area contributed by atoms with Gasteiger partial charge in [0, 0.05) is 26.3 Å². The second-order valence-electron chi connectivity index (χ2n) is 13.4. The Labute approximate surface area is 292 Å². The molecule has 2 heterocycles. The van der Waals surface area contributed by atoms with Crippen molar-refractivity contribution in [2.45, 2.75) is 19.6 Å². The molecule has 8 aromatic rings. The minimum Gasteiger partial charge on any atom is -0.208 e. The Bertz CT molecular complexity index is 2380. The molecule has 0 radical (unpaired) electrons. The highest BCUT2D eigenvalue weighted by Crippen LogP contribution is 2.35. The van der Waals surface area contributed by atoms with E-state index < -0.39 is 8.07 Å². The molecule has 0 spiro atoms. The standard InChI is InChI=1S/C44H35N3SSi/c1-49(2,3)41-19-10-8-17-38(41)36-16-11-15-35(28-36)30-20-24-33(25-21-30)43-45-42(32-12-5-4-6-13-32)46-44(47-43)34-26-22-31(23-27-34)40-29-37-14-7-9-18-39(37)48-40/h4-29H,1-3H3. The number of fused-ring (bicyclic) bond motifs is 1.